The van der Waals surface area contributed by atoms with Crippen LogP contribution in [0.3, 0.4) is 0 Å². The Morgan fingerprint density at radius 2 is 2.12 bits per heavy atom. The summed E-state index contributed by atoms with van der Waals surface area (Å²) in [4.78, 5) is 19.7. The van der Waals surface area contributed by atoms with Crippen LogP contribution in [-0.4, -0.2) is 25.9 Å². The number of hydrogen-bond acceptors (Lipinski definition) is 7. The van der Waals surface area contributed by atoms with Crippen LogP contribution in [0.2, 0.25) is 0 Å². The predicted molar refractivity (Wildman–Crippen MR) is 94.3 cm³/mol. The highest BCUT2D eigenvalue weighted by Gasteiger charge is 2.12. The monoisotopic (exact) mass is 351 g/mol. The van der Waals surface area contributed by atoms with E-state index in [-0.39, 0.29) is 5.95 Å². The molecule has 0 saturated heterocycles. The van der Waals surface area contributed by atoms with Gasteiger partial charge in [-0.3, -0.25) is 4.79 Å². The Balaban J connectivity index is 1.60. The highest BCUT2D eigenvalue weighted by molar-refractivity contribution is 7.98. The van der Waals surface area contributed by atoms with Gasteiger partial charge < -0.3 is 10.2 Å². The summed E-state index contributed by atoms with van der Waals surface area (Å²) in [6.07, 6.45) is 2.40. The number of carbonyl (C=O) groups is 1. The van der Waals surface area contributed by atoms with E-state index in [0.29, 0.717) is 28.5 Å². The lowest BCUT2D eigenvalue weighted by atomic mass is 10.2. The number of carbonyl (C=O) groups excluding carboxylic acids is 1. The highest BCUT2D eigenvalue weighted by Crippen LogP contribution is 2.25. The van der Waals surface area contributed by atoms with E-state index in [0.717, 1.165) is 16.9 Å². The number of anilines is 1. The first-order valence-corrected chi connectivity index (χ1v) is 8.45. The number of hydrogen-bond donors (Lipinski definition) is 1. The van der Waals surface area contributed by atoms with Crippen LogP contribution in [0, 0.1) is 0 Å². The Labute approximate surface area is 146 Å². The molecule has 0 bridgehead atoms. The first-order valence-electron chi connectivity index (χ1n) is 7.47. The number of aromatic nitrogens is 4. The van der Waals surface area contributed by atoms with Crippen molar-refractivity contribution in [2.75, 3.05) is 5.73 Å². The number of thioether (sulfide) groups is 1. The second-order valence-corrected chi connectivity index (χ2v) is 6.28. The number of benzene rings is 1. The Morgan fingerprint density at radius 1 is 1.20 bits per heavy atom. The van der Waals surface area contributed by atoms with Gasteiger partial charge in [0, 0.05) is 17.4 Å². The molecule has 1 aromatic carbocycles. The van der Waals surface area contributed by atoms with E-state index in [1.807, 2.05) is 24.3 Å². The number of aldehydes is 1. The molecular weight excluding hydrogens is 338 g/mol. The molecule has 0 unspecified atom stereocenters. The summed E-state index contributed by atoms with van der Waals surface area (Å²) >= 11 is 1.52. The smallest absolute Gasteiger partial charge is 0.224 e. The van der Waals surface area contributed by atoms with E-state index in [4.69, 9.17) is 10.2 Å². The second-order valence-electron chi connectivity index (χ2n) is 5.29. The van der Waals surface area contributed by atoms with Crippen LogP contribution in [0.1, 0.15) is 15.9 Å². The van der Waals surface area contributed by atoms with Gasteiger partial charge in [-0.1, -0.05) is 18.2 Å². The summed E-state index contributed by atoms with van der Waals surface area (Å²) in [5.74, 6) is 1.96. The van der Waals surface area contributed by atoms with Crippen molar-refractivity contribution in [2.24, 2.45) is 0 Å². The lowest BCUT2D eigenvalue weighted by Crippen LogP contribution is -2.02. The van der Waals surface area contributed by atoms with Gasteiger partial charge in [-0.2, -0.15) is 4.52 Å². The highest BCUT2D eigenvalue weighted by atomic mass is 32.2. The summed E-state index contributed by atoms with van der Waals surface area (Å²) < 4.78 is 6.79. The average Bonchev–Trinajstić information content (AvgIpc) is 3.29. The van der Waals surface area contributed by atoms with Gasteiger partial charge in [0.1, 0.15) is 11.3 Å². The zero-order chi connectivity index (χ0) is 17.2. The molecule has 2 N–H and O–H groups in total. The van der Waals surface area contributed by atoms with E-state index in [1.54, 1.807) is 24.5 Å². The molecule has 0 aliphatic heterocycles. The molecule has 0 atom stereocenters. The van der Waals surface area contributed by atoms with Crippen LogP contribution in [0.4, 0.5) is 5.95 Å². The van der Waals surface area contributed by atoms with Crippen LogP contribution in [0.25, 0.3) is 17.2 Å². The summed E-state index contributed by atoms with van der Waals surface area (Å²) in [5, 5.41) is 5.05. The molecule has 7 nitrogen and oxygen atoms in total. The van der Waals surface area contributed by atoms with E-state index < -0.39 is 0 Å². The predicted octanol–water partition coefficient (Wildman–Crippen LogP) is 3.07. The Kier molecular flexibility index (Phi) is 3.95. The maximum atomic E-state index is 10.9. The minimum atomic E-state index is 0.256. The Morgan fingerprint density at radius 3 is 2.92 bits per heavy atom. The van der Waals surface area contributed by atoms with Gasteiger partial charge in [-0.05, 0) is 23.8 Å². The minimum absolute atomic E-state index is 0.256. The number of nitrogen functional groups attached to an aromatic ring is 1. The molecule has 25 heavy (non-hydrogen) atoms. The summed E-state index contributed by atoms with van der Waals surface area (Å²) in [6, 6.07) is 12.8. The standard InChI is InChI=1S/C17H13N5O2S/c18-17-20-15(25-10-12-4-1-3-11(7-12)9-23)8-14-19-16(21-22(14)17)13-5-2-6-24-13/h1-9H,10H2,(H2,18,20). The van der Waals surface area contributed by atoms with E-state index in [1.165, 1.54) is 16.3 Å². The van der Waals surface area contributed by atoms with Gasteiger partial charge in [0.25, 0.3) is 0 Å². The van der Waals surface area contributed by atoms with Crippen LogP contribution in [0.15, 0.2) is 58.2 Å². The minimum Gasteiger partial charge on any atom is -0.461 e. The third-order valence-corrected chi connectivity index (χ3v) is 4.52. The molecule has 0 fully saturated rings. The number of furan rings is 1. The normalized spacial score (nSPS) is 11.0. The second kappa shape index (κ2) is 6.40. The van der Waals surface area contributed by atoms with Crippen molar-refractivity contribution in [3.05, 3.63) is 59.9 Å². The molecule has 3 heterocycles. The maximum absolute atomic E-state index is 10.9. The summed E-state index contributed by atoms with van der Waals surface area (Å²) in [5.41, 5.74) is 8.29. The molecular formula is C17H13N5O2S. The van der Waals surface area contributed by atoms with Crippen LogP contribution in [0.5, 0.6) is 0 Å². The molecule has 124 valence electrons. The lowest BCUT2D eigenvalue weighted by Gasteiger charge is -2.04. The molecule has 4 aromatic rings. The SMILES string of the molecule is Nc1nc(SCc2cccc(C=O)c2)cc2nc(-c3ccco3)nn12. The fraction of sp³-hybridized carbons (Fsp3) is 0.0588. The first kappa shape index (κ1) is 15.4. The van der Waals surface area contributed by atoms with Gasteiger partial charge in [0.15, 0.2) is 11.4 Å². The van der Waals surface area contributed by atoms with Crippen molar-refractivity contribution in [3.63, 3.8) is 0 Å². The van der Waals surface area contributed by atoms with Gasteiger partial charge >= 0.3 is 0 Å². The number of fused-ring (bicyclic) bond motifs is 1. The third kappa shape index (κ3) is 3.11. The van der Waals surface area contributed by atoms with Crippen molar-refractivity contribution >= 4 is 29.6 Å². The number of rotatable bonds is 5. The quantitative estimate of drug-likeness (QED) is 0.335. The molecule has 8 heteroatoms. The van der Waals surface area contributed by atoms with Crippen molar-refractivity contribution in [3.8, 4) is 11.6 Å². The average molecular weight is 351 g/mol. The number of nitrogens with two attached hydrogens (primary N) is 1. The van der Waals surface area contributed by atoms with Crippen LogP contribution >= 0.6 is 11.8 Å². The summed E-state index contributed by atoms with van der Waals surface area (Å²) in [7, 11) is 0. The number of nitrogens with zero attached hydrogens (tertiary/aromatic N) is 4. The zero-order valence-corrected chi connectivity index (χ0v) is 13.8. The zero-order valence-electron chi connectivity index (χ0n) is 13.0. The van der Waals surface area contributed by atoms with Crippen LogP contribution < -0.4 is 5.73 Å². The van der Waals surface area contributed by atoms with E-state index in [9.17, 15) is 4.79 Å². The van der Waals surface area contributed by atoms with Crippen molar-refractivity contribution in [1.29, 1.82) is 0 Å². The molecule has 0 amide bonds. The Hall–Kier alpha value is -3.13. The fourth-order valence-electron chi connectivity index (χ4n) is 2.39. The van der Waals surface area contributed by atoms with Crippen molar-refractivity contribution < 1.29 is 9.21 Å². The fourth-order valence-corrected chi connectivity index (χ4v) is 3.23. The maximum Gasteiger partial charge on any atom is 0.224 e. The largest absolute Gasteiger partial charge is 0.461 e. The van der Waals surface area contributed by atoms with Crippen molar-refractivity contribution in [1.82, 2.24) is 19.6 Å². The molecule has 3 aromatic heterocycles. The topological polar surface area (TPSA) is 99.3 Å². The van der Waals surface area contributed by atoms with E-state index >= 15 is 0 Å². The molecule has 0 aliphatic rings. The van der Waals surface area contributed by atoms with Crippen molar-refractivity contribution in [2.45, 2.75) is 10.8 Å². The van der Waals surface area contributed by atoms with Gasteiger partial charge in [0.05, 0.1) is 6.26 Å². The summed E-state index contributed by atoms with van der Waals surface area (Å²) in [6.45, 7) is 0. The molecule has 0 saturated carbocycles. The molecule has 0 aliphatic carbocycles. The van der Waals surface area contributed by atoms with Gasteiger partial charge in [-0.25, -0.2) is 9.97 Å². The molecule has 4 rings (SSSR count). The van der Waals surface area contributed by atoms with Crippen LogP contribution in [-0.2, 0) is 5.75 Å². The lowest BCUT2D eigenvalue weighted by molar-refractivity contribution is 0.112. The molecule has 0 radical (unpaired) electrons. The first-order chi connectivity index (χ1) is 12.2. The molecule has 0 spiro atoms. The van der Waals surface area contributed by atoms with Gasteiger partial charge in [0.2, 0.25) is 11.8 Å². The van der Waals surface area contributed by atoms with E-state index in [2.05, 4.69) is 15.1 Å². The Bertz CT molecular complexity index is 1040. The third-order valence-electron chi connectivity index (χ3n) is 3.54. The van der Waals surface area contributed by atoms with Gasteiger partial charge in [-0.15, -0.1) is 16.9 Å².